The van der Waals surface area contributed by atoms with Crippen molar-refractivity contribution in [1.29, 1.82) is 0 Å². The van der Waals surface area contributed by atoms with Crippen molar-refractivity contribution in [3.8, 4) is 5.88 Å². The molecule has 0 N–H and O–H groups in total. The number of hydrogen-bond donors (Lipinski definition) is 0. The monoisotopic (exact) mass is 396 g/mol. The van der Waals surface area contributed by atoms with Crippen LogP contribution in [0.15, 0.2) is 6.07 Å². The Balaban J connectivity index is 3.37. The van der Waals surface area contributed by atoms with Crippen molar-refractivity contribution < 1.29 is 27.6 Å². The van der Waals surface area contributed by atoms with Crippen LogP contribution in [-0.4, -0.2) is 21.5 Å². The van der Waals surface area contributed by atoms with Crippen LogP contribution in [-0.2, 0) is 0 Å². The molecule has 0 aliphatic heterocycles. The molecule has 0 aliphatic carbocycles. The average molecular weight is 396 g/mol. The number of nitrogens with zero attached hydrogens (tertiary/aromatic N) is 2. The maximum atomic E-state index is 11.9. The van der Waals surface area contributed by atoms with Gasteiger partial charge < -0.3 is 14.9 Å². The highest BCUT2D eigenvalue weighted by atomic mass is 127. The number of carbonyl (C=O) groups excluding carboxylic acids is 1. The summed E-state index contributed by atoms with van der Waals surface area (Å²) in [6.07, 6.45) is -5.05. The first-order valence-electron chi connectivity index (χ1n) is 3.92. The molecule has 0 radical (unpaired) electrons. The Morgan fingerprint density at radius 3 is 2.50 bits per heavy atom. The average Bonchev–Trinajstić information content (AvgIpc) is 2.12. The van der Waals surface area contributed by atoms with Crippen LogP contribution in [0.4, 0.5) is 19.0 Å². The highest BCUT2D eigenvalue weighted by molar-refractivity contribution is 14.1. The highest BCUT2D eigenvalue weighted by Crippen LogP contribution is 2.30. The van der Waals surface area contributed by atoms with Crippen molar-refractivity contribution in [3.63, 3.8) is 0 Å². The van der Waals surface area contributed by atoms with Crippen LogP contribution in [0.2, 0.25) is 0 Å². The summed E-state index contributed by atoms with van der Waals surface area (Å²) in [5.41, 5.74) is -0.586. The summed E-state index contributed by atoms with van der Waals surface area (Å²) in [6, 6.07) is 0.719. The number of pyridine rings is 1. The highest BCUT2D eigenvalue weighted by Gasteiger charge is 2.36. The third-order valence-electron chi connectivity index (χ3n) is 1.52. The lowest BCUT2D eigenvalue weighted by Gasteiger charge is -2.06. The molecule has 0 spiro atoms. The van der Waals surface area contributed by atoms with Crippen molar-refractivity contribution in [2.24, 2.45) is 0 Å². The molecule has 98 valence electrons. The van der Waals surface area contributed by atoms with Gasteiger partial charge in [0.15, 0.2) is 0 Å². The SMILES string of the molecule is O=C(Cl)c1c(I)cc(OC(F)(F)F)nc1[N+](=O)[O-]. The standard InChI is InChI=1S/C7HClF3IN2O4/c8-5(15)4-2(12)1-3(18-7(9,10)11)13-6(4)14(16)17/h1H. The zero-order valence-corrected chi connectivity index (χ0v) is 10.9. The molecule has 0 unspecified atom stereocenters. The molecule has 0 bridgehead atoms. The molecular formula is C7HClF3IN2O4. The van der Waals surface area contributed by atoms with E-state index in [0.29, 0.717) is 0 Å². The van der Waals surface area contributed by atoms with E-state index in [9.17, 15) is 28.1 Å². The van der Waals surface area contributed by atoms with Gasteiger partial charge in [-0.05, 0) is 39.1 Å². The molecule has 0 amide bonds. The molecule has 0 aromatic carbocycles. The van der Waals surface area contributed by atoms with Crippen LogP contribution in [0, 0.1) is 13.7 Å². The van der Waals surface area contributed by atoms with Crippen LogP contribution in [0.3, 0.4) is 0 Å². The van der Waals surface area contributed by atoms with Crippen LogP contribution in [0.1, 0.15) is 10.4 Å². The van der Waals surface area contributed by atoms with Gasteiger partial charge in [-0.15, -0.1) is 13.2 Å². The van der Waals surface area contributed by atoms with Gasteiger partial charge in [0.1, 0.15) is 5.56 Å². The van der Waals surface area contributed by atoms with Crippen molar-refractivity contribution >= 4 is 45.3 Å². The van der Waals surface area contributed by atoms with Gasteiger partial charge in [0.2, 0.25) is 0 Å². The van der Waals surface area contributed by atoms with E-state index in [4.69, 9.17) is 11.6 Å². The largest absolute Gasteiger partial charge is 0.575 e. The third-order valence-corrected chi connectivity index (χ3v) is 2.56. The molecule has 1 rings (SSSR count). The van der Waals surface area contributed by atoms with Gasteiger partial charge in [0.25, 0.3) is 5.24 Å². The second-order valence-corrected chi connectivity index (χ2v) is 4.23. The summed E-state index contributed by atoms with van der Waals surface area (Å²) in [4.78, 5) is 23.4. The summed E-state index contributed by atoms with van der Waals surface area (Å²) in [7, 11) is 0. The minimum absolute atomic E-state index is 0.173. The zero-order chi connectivity index (χ0) is 14.1. The molecule has 11 heteroatoms. The van der Waals surface area contributed by atoms with Crippen molar-refractivity contribution in [2.75, 3.05) is 0 Å². The lowest BCUT2D eigenvalue weighted by Crippen LogP contribution is -2.19. The van der Waals surface area contributed by atoms with Gasteiger partial charge in [-0.2, -0.15) is 0 Å². The van der Waals surface area contributed by atoms with Gasteiger partial charge in [0, 0.05) is 14.6 Å². The van der Waals surface area contributed by atoms with Crippen LogP contribution >= 0.6 is 34.2 Å². The summed E-state index contributed by atoms with van der Waals surface area (Å²) < 4.78 is 39.1. The van der Waals surface area contributed by atoms with Crippen molar-refractivity contribution in [2.45, 2.75) is 6.36 Å². The molecule has 1 aromatic rings. The molecular weight excluding hydrogens is 395 g/mol. The maximum Gasteiger partial charge on any atom is 0.575 e. The molecule has 1 aromatic heterocycles. The second-order valence-electron chi connectivity index (χ2n) is 2.72. The van der Waals surface area contributed by atoms with E-state index in [1.54, 1.807) is 0 Å². The number of nitro groups is 1. The van der Waals surface area contributed by atoms with Gasteiger partial charge in [-0.3, -0.25) is 4.79 Å². The van der Waals surface area contributed by atoms with Crippen molar-refractivity contribution in [1.82, 2.24) is 4.98 Å². The first-order chi connectivity index (χ1) is 8.11. The third kappa shape index (κ3) is 3.66. The van der Waals surface area contributed by atoms with Crippen LogP contribution < -0.4 is 4.74 Å². The van der Waals surface area contributed by atoms with Crippen LogP contribution in [0.25, 0.3) is 0 Å². The van der Waals surface area contributed by atoms with E-state index in [1.807, 2.05) is 0 Å². The van der Waals surface area contributed by atoms with Gasteiger partial charge in [-0.25, -0.2) is 0 Å². The van der Waals surface area contributed by atoms with E-state index < -0.39 is 33.8 Å². The van der Waals surface area contributed by atoms with Gasteiger partial charge >= 0.3 is 18.1 Å². The minimum atomic E-state index is -5.05. The lowest BCUT2D eigenvalue weighted by molar-refractivity contribution is -0.390. The Kier molecular flexibility index (Phi) is 4.32. The predicted octanol–water partition coefficient (Wildman–Crippen LogP) is 2.87. The zero-order valence-electron chi connectivity index (χ0n) is 7.99. The van der Waals surface area contributed by atoms with Gasteiger partial charge in [0.05, 0.1) is 0 Å². The summed E-state index contributed by atoms with van der Waals surface area (Å²) >= 11 is 6.51. The quantitative estimate of drug-likeness (QED) is 0.340. The summed E-state index contributed by atoms with van der Waals surface area (Å²) in [6.45, 7) is 0. The fourth-order valence-corrected chi connectivity index (χ4v) is 2.06. The van der Waals surface area contributed by atoms with E-state index in [0.717, 1.165) is 6.07 Å². The van der Waals surface area contributed by atoms with E-state index in [-0.39, 0.29) is 3.57 Å². The minimum Gasteiger partial charge on any atom is -0.366 e. The number of ether oxygens (including phenoxy) is 1. The number of rotatable bonds is 3. The summed E-state index contributed by atoms with van der Waals surface area (Å²) in [5.74, 6) is -2.14. The Bertz CT molecular complexity index is 522. The first-order valence-corrected chi connectivity index (χ1v) is 5.38. The lowest BCUT2D eigenvalue weighted by atomic mass is 10.3. The molecule has 6 nitrogen and oxygen atoms in total. The second kappa shape index (κ2) is 5.22. The van der Waals surface area contributed by atoms with Gasteiger partial charge in [-0.1, -0.05) is 0 Å². The summed E-state index contributed by atoms with van der Waals surface area (Å²) in [5, 5.41) is 9.39. The predicted molar refractivity (Wildman–Crippen MR) is 60.5 cm³/mol. The topological polar surface area (TPSA) is 82.3 Å². The molecule has 0 saturated carbocycles. The first kappa shape index (κ1) is 14.9. The Morgan fingerprint density at radius 2 is 2.11 bits per heavy atom. The van der Waals surface area contributed by atoms with E-state index in [2.05, 4.69) is 9.72 Å². The van der Waals surface area contributed by atoms with Crippen molar-refractivity contribution in [3.05, 3.63) is 25.3 Å². The molecule has 0 atom stereocenters. The number of aromatic nitrogens is 1. The van der Waals surface area contributed by atoms with E-state index >= 15 is 0 Å². The molecule has 1 heterocycles. The number of carbonyl (C=O) groups is 1. The fourth-order valence-electron chi connectivity index (χ4n) is 0.965. The van der Waals surface area contributed by atoms with Crippen LogP contribution in [0.5, 0.6) is 5.88 Å². The molecule has 0 aliphatic rings. The smallest absolute Gasteiger partial charge is 0.366 e. The fraction of sp³-hybridized carbons (Fsp3) is 0.143. The maximum absolute atomic E-state index is 11.9. The number of halogens is 5. The van der Waals surface area contributed by atoms with E-state index in [1.165, 1.54) is 22.6 Å². The number of alkyl halides is 3. The Morgan fingerprint density at radius 1 is 1.56 bits per heavy atom. The Labute approximate surface area is 115 Å². The molecule has 0 fully saturated rings. The number of hydrogen-bond acceptors (Lipinski definition) is 5. The Hall–Kier alpha value is -1.17. The molecule has 18 heavy (non-hydrogen) atoms. The molecule has 0 saturated heterocycles. The normalized spacial score (nSPS) is 11.2.